The number of rotatable bonds is 5. The van der Waals surface area contributed by atoms with Crippen LogP contribution in [0.3, 0.4) is 0 Å². The summed E-state index contributed by atoms with van der Waals surface area (Å²) in [6, 6.07) is 10.5. The number of nitrogens with one attached hydrogen (secondary N) is 3. The lowest BCUT2D eigenvalue weighted by Crippen LogP contribution is -2.53. The minimum Gasteiger partial charge on any atom is -0.504 e. The number of fused-ring (bicyclic) bond motifs is 1. The van der Waals surface area contributed by atoms with E-state index in [4.69, 9.17) is 4.74 Å². The van der Waals surface area contributed by atoms with Gasteiger partial charge in [-0.15, -0.1) is 0 Å². The van der Waals surface area contributed by atoms with Crippen LogP contribution >= 0.6 is 0 Å². The van der Waals surface area contributed by atoms with E-state index in [1.807, 2.05) is 0 Å². The van der Waals surface area contributed by atoms with E-state index < -0.39 is 22.9 Å². The third-order valence-electron chi connectivity index (χ3n) is 5.86. The molecule has 5 unspecified atom stereocenters. The lowest BCUT2D eigenvalue weighted by molar-refractivity contribution is -0.384. The summed E-state index contributed by atoms with van der Waals surface area (Å²) < 4.78 is 5.17. The van der Waals surface area contributed by atoms with Crippen molar-refractivity contribution < 1.29 is 24.7 Å². The van der Waals surface area contributed by atoms with Crippen molar-refractivity contribution in [1.82, 2.24) is 16.2 Å². The molecule has 5 N–H and O–H groups in total. The molecule has 0 radical (unpaired) electrons. The Labute approximate surface area is 172 Å². The molecular weight excluding hydrogens is 392 g/mol. The molecule has 2 fully saturated rings. The van der Waals surface area contributed by atoms with Gasteiger partial charge in [0, 0.05) is 24.1 Å². The summed E-state index contributed by atoms with van der Waals surface area (Å²) in [5, 5.41) is 34.3. The minimum atomic E-state index is -0.928. The zero-order valence-corrected chi connectivity index (χ0v) is 16.1. The van der Waals surface area contributed by atoms with Crippen LogP contribution in [0.15, 0.2) is 42.5 Å². The number of aliphatic carboxylic acids is 1. The molecule has 0 saturated carbocycles. The monoisotopic (exact) mass is 414 g/mol. The number of methoxy groups -OCH3 is 1. The SMILES string of the molecule is COc1cc(C2CC(C(=O)O)C3C(NNC3c3cccc([N+](=O)[O-])c3)N2)ccc1O. The summed E-state index contributed by atoms with van der Waals surface area (Å²) >= 11 is 0. The number of hydrogen-bond acceptors (Lipinski definition) is 8. The number of phenols is 1. The fourth-order valence-corrected chi connectivity index (χ4v) is 4.42. The number of non-ortho nitro benzene ring substituents is 1. The van der Waals surface area contributed by atoms with E-state index in [1.165, 1.54) is 25.3 Å². The number of nitrogens with zero attached hydrogens (tertiary/aromatic N) is 1. The molecule has 158 valence electrons. The Kier molecular flexibility index (Phi) is 5.29. The summed E-state index contributed by atoms with van der Waals surface area (Å²) in [7, 11) is 1.45. The summed E-state index contributed by atoms with van der Waals surface area (Å²) in [6.07, 6.45) is -0.0481. The van der Waals surface area contributed by atoms with Crippen LogP contribution in [0, 0.1) is 22.0 Å². The van der Waals surface area contributed by atoms with Crippen LogP contribution in [0.5, 0.6) is 11.5 Å². The van der Waals surface area contributed by atoms with E-state index in [9.17, 15) is 25.1 Å². The van der Waals surface area contributed by atoms with Gasteiger partial charge < -0.3 is 14.9 Å². The molecular formula is C20H22N4O6. The van der Waals surface area contributed by atoms with Crippen molar-refractivity contribution >= 4 is 11.7 Å². The van der Waals surface area contributed by atoms with Gasteiger partial charge >= 0.3 is 5.97 Å². The Morgan fingerprint density at radius 2 is 2.00 bits per heavy atom. The molecule has 0 bridgehead atoms. The molecule has 2 aromatic rings. The highest BCUT2D eigenvalue weighted by Gasteiger charge is 2.49. The summed E-state index contributed by atoms with van der Waals surface area (Å²) in [6.45, 7) is 0. The first-order chi connectivity index (χ1) is 14.4. The van der Waals surface area contributed by atoms with Gasteiger partial charge in [0.05, 0.1) is 30.2 Å². The lowest BCUT2D eigenvalue weighted by atomic mass is 9.75. The van der Waals surface area contributed by atoms with Crippen molar-refractivity contribution in [3.63, 3.8) is 0 Å². The Hall–Kier alpha value is -3.21. The molecule has 0 aromatic heterocycles. The number of hydrazine groups is 1. The molecule has 2 aliphatic rings. The average molecular weight is 414 g/mol. The predicted octanol–water partition coefficient (Wildman–Crippen LogP) is 1.84. The first kappa shape index (κ1) is 20.1. The molecule has 0 amide bonds. The van der Waals surface area contributed by atoms with Crippen LogP contribution in [0.2, 0.25) is 0 Å². The zero-order valence-electron chi connectivity index (χ0n) is 16.1. The van der Waals surface area contributed by atoms with E-state index in [0.29, 0.717) is 17.7 Å². The highest BCUT2D eigenvalue weighted by molar-refractivity contribution is 5.71. The number of benzene rings is 2. The standard InChI is InChI=1S/C20H22N4O6/c1-30-16-8-10(5-6-15(16)25)14-9-13(20(26)27)17-18(22-23-19(17)21-14)11-3-2-4-12(7-11)24(28)29/h2-8,13-14,17-19,21-23,25H,9H2,1H3,(H,26,27). The zero-order chi connectivity index (χ0) is 21.4. The average Bonchev–Trinajstić information content (AvgIpc) is 3.17. The second-order valence-electron chi connectivity index (χ2n) is 7.50. The molecule has 0 spiro atoms. The van der Waals surface area contributed by atoms with Crippen molar-refractivity contribution in [1.29, 1.82) is 0 Å². The lowest BCUT2D eigenvalue weighted by Gasteiger charge is -2.39. The van der Waals surface area contributed by atoms with Crippen molar-refractivity contribution in [2.45, 2.75) is 24.7 Å². The van der Waals surface area contributed by atoms with Crippen molar-refractivity contribution in [2.75, 3.05) is 7.11 Å². The number of phenolic OH excluding ortho intramolecular Hbond substituents is 1. The minimum absolute atomic E-state index is 0.0103. The van der Waals surface area contributed by atoms with Gasteiger partial charge in [-0.1, -0.05) is 18.2 Å². The van der Waals surface area contributed by atoms with E-state index >= 15 is 0 Å². The third kappa shape index (κ3) is 3.56. The molecule has 10 nitrogen and oxygen atoms in total. The highest BCUT2D eigenvalue weighted by Crippen LogP contribution is 2.43. The number of carboxylic acids is 1. The second-order valence-corrected chi connectivity index (χ2v) is 7.50. The molecule has 4 rings (SSSR count). The maximum absolute atomic E-state index is 12.1. The topological polar surface area (TPSA) is 146 Å². The molecule has 2 aliphatic heterocycles. The Morgan fingerprint density at radius 3 is 2.70 bits per heavy atom. The number of nitro benzene ring substituents is 1. The molecule has 2 saturated heterocycles. The van der Waals surface area contributed by atoms with Crippen LogP contribution in [0.1, 0.15) is 29.6 Å². The van der Waals surface area contributed by atoms with Crippen molar-refractivity contribution in [3.8, 4) is 11.5 Å². The number of piperidine rings is 1. The molecule has 5 atom stereocenters. The van der Waals surface area contributed by atoms with Crippen molar-refractivity contribution in [3.05, 3.63) is 63.7 Å². The number of carbonyl (C=O) groups is 1. The number of hydrogen-bond donors (Lipinski definition) is 5. The summed E-state index contributed by atoms with van der Waals surface area (Å²) in [4.78, 5) is 22.8. The van der Waals surface area contributed by atoms with Crippen LogP contribution in [-0.2, 0) is 4.79 Å². The first-order valence-corrected chi connectivity index (χ1v) is 9.50. The number of aromatic hydroxyl groups is 1. The molecule has 10 heteroatoms. The van der Waals surface area contributed by atoms with Gasteiger partial charge in [0.25, 0.3) is 5.69 Å². The Bertz CT molecular complexity index is 984. The maximum Gasteiger partial charge on any atom is 0.307 e. The van der Waals surface area contributed by atoms with Crippen LogP contribution in [-0.4, -0.2) is 34.4 Å². The van der Waals surface area contributed by atoms with Gasteiger partial charge in [0.15, 0.2) is 11.5 Å². The van der Waals surface area contributed by atoms with Crippen molar-refractivity contribution in [2.24, 2.45) is 11.8 Å². The van der Waals surface area contributed by atoms with E-state index in [-0.39, 0.29) is 29.6 Å². The third-order valence-corrected chi connectivity index (χ3v) is 5.86. The maximum atomic E-state index is 12.1. The molecule has 30 heavy (non-hydrogen) atoms. The van der Waals surface area contributed by atoms with Gasteiger partial charge in [-0.3, -0.25) is 20.2 Å². The van der Waals surface area contributed by atoms with E-state index in [1.54, 1.807) is 24.3 Å². The van der Waals surface area contributed by atoms with E-state index in [2.05, 4.69) is 16.2 Å². The van der Waals surface area contributed by atoms with Gasteiger partial charge in [-0.05, 0) is 29.7 Å². The Morgan fingerprint density at radius 1 is 1.20 bits per heavy atom. The summed E-state index contributed by atoms with van der Waals surface area (Å²) in [5.74, 6) is -1.66. The normalized spacial score (nSPS) is 28.0. The summed E-state index contributed by atoms with van der Waals surface area (Å²) in [5.41, 5.74) is 7.63. The highest BCUT2D eigenvalue weighted by atomic mass is 16.6. The fourth-order valence-electron chi connectivity index (χ4n) is 4.42. The fraction of sp³-hybridized carbons (Fsp3) is 0.350. The second kappa shape index (κ2) is 7.90. The van der Waals surface area contributed by atoms with Gasteiger partial charge in [-0.2, -0.15) is 0 Å². The largest absolute Gasteiger partial charge is 0.504 e. The first-order valence-electron chi connectivity index (χ1n) is 9.50. The molecule has 0 aliphatic carbocycles. The number of carboxylic acid groups (broad SMARTS) is 1. The quantitative estimate of drug-likeness (QED) is 0.365. The Balaban J connectivity index is 1.63. The van der Waals surface area contributed by atoms with Crippen LogP contribution in [0.25, 0.3) is 0 Å². The van der Waals surface area contributed by atoms with Crippen LogP contribution < -0.4 is 20.9 Å². The smallest absolute Gasteiger partial charge is 0.307 e. The van der Waals surface area contributed by atoms with Gasteiger partial charge in [0.2, 0.25) is 0 Å². The van der Waals surface area contributed by atoms with Gasteiger partial charge in [0.1, 0.15) is 0 Å². The van der Waals surface area contributed by atoms with Crippen LogP contribution in [0.4, 0.5) is 5.69 Å². The molecule has 2 aromatic carbocycles. The predicted molar refractivity (Wildman–Crippen MR) is 106 cm³/mol. The molecule has 2 heterocycles. The van der Waals surface area contributed by atoms with E-state index in [0.717, 1.165) is 5.56 Å². The number of nitro groups is 1. The number of ether oxygens (including phenoxy) is 1. The van der Waals surface area contributed by atoms with Gasteiger partial charge in [-0.25, -0.2) is 10.9 Å².